The number of aromatic nitrogens is 2. The standard InChI is InChI=1S/C13H16F3N3O3/c1-21-10-4-5-11(18-17-10)22-9-3-2-6-19(8-9)12(20)7-13(14,15)16/h4-5,9H,2-3,6-8H2,1H3. The summed E-state index contributed by atoms with van der Waals surface area (Å²) in [5.41, 5.74) is 0. The third-order valence-electron chi connectivity index (χ3n) is 3.19. The van der Waals surface area contributed by atoms with Crippen molar-refractivity contribution in [3.05, 3.63) is 12.1 Å². The fraction of sp³-hybridized carbons (Fsp3) is 0.615. The highest BCUT2D eigenvalue weighted by Crippen LogP contribution is 2.23. The first-order valence-electron chi connectivity index (χ1n) is 6.76. The number of hydrogen-bond donors (Lipinski definition) is 0. The van der Waals surface area contributed by atoms with Gasteiger partial charge in [0.15, 0.2) is 0 Å². The smallest absolute Gasteiger partial charge is 0.397 e. The Morgan fingerprint density at radius 2 is 2.05 bits per heavy atom. The molecule has 9 heteroatoms. The summed E-state index contributed by atoms with van der Waals surface area (Å²) in [5, 5.41) is 7.53. The van der Waals surface area contributed by atoms with Crippen LogP contribution in [0.3, 0.4) is 0 Å². The number of rotatable bonds is 4. The fourth-order valence-corrected chi connectivity index (χ4v) is 2.19. The van der Waals surface area contributed by atoms with Crippen molar-refractivity contribution in [1.29, 1.82) is 0 Å². The summed E-state index contributed by atoms with van der Waals surface area (Å²) in [6.45, 7) is 0.422. The number of hydrogen-bond acceptors (Lipinski definition) is 5. The molecule has 0 radical (unpaired) electrons. The third kappa shape index (κ3) is 4.74. The summed E-state index contributed by atoms with van der Waals surface area (Å²) < 4.78 is 47.2. The molecule has 1 aromatic heterocycles. The molecule has 22 heavy (non-hydrogen) atoms. The highest BCUT2D eigenvalue weighted by Gasteiger charge is 2.35. The summed E-state index contributed by atoms with van der Waals surface area (Å²) in [6, 6.07) is 3.13. The van der Waals surface area contributed by atoms with Crippen molar-refractivity contribution in [2.45, 2.75) is 31.5 Å². The van der Waals surface area contributed by atoms with Crippen LogP contribution in [0.2, 0.25) is 0 Å². The normalized spacial score (nSPS) is 18.9. The van der Waals surface area contributed by atoms with Crippen molar-refractivity contribution in [3.63, 3.8) is 0 Å². The first-order chi connectivity index (χ1) is 10.4. The highest BCUT2D eigenvalue weighted by atomic mass is 19.4. The third-order valence-corrected chi connectivity index (χ3v) is 3.19. The SMILES string of the molecule is COc1ccc(OC2CCCN(C(=O)CC(F)(F)F)C2)nn1. The average molecular weight is 319 g/mol. The van der Waals surface area contributed by atoms with Gasteiger partial charge in [0.25, 0.3) is 0 Å². The molecule has 1 saturated heterocycles. The monoisotopic (exact) mass is 319 g/mol. The topological polar surface area (TPSA) is 64.6 Å². The number of nitrogens with zero attached hydrogens (tertiary/aromatic N) is 3. The largest absolute Gasteiger partial charge is 0.480 e. The van der Waals surface area contributed by atoms with Gasteiger partial charge < -0.3 is 14.4 Å². The number of carbonyl (C=O) groups is 1. The molecule has 0 spiro atoms. The minimum Gasteiger partial charge on any atom is -0.480 e. The van der Waals surface area contributed by atoms with E-state index in [-0.39, 0.29) is 12.4 Å². The Labute approximate surface area is 125 Å². The first-order valence-corrected chi connectivity index (χ1v) is 6.76. The predicted molar refractivity (Wildman–Crippen MR) is 69.5 cm³/mol. The van der Waals surface area contributed by atoms with Gasteiger partial charge in [-0.25, -0.2) is 0 Å². The van der Waals surface area contributed by atoms with Gasteiger partial charge in [-0.3, -0.25) is 4.79 Å². The summed E-state index contributed by atoms with van der Waals surface area (Å²) in [5.74, 6) is -0.351. The van der Waals surface area contributed by atoms with E-state index in [0.29, 0.717) is 25.3 Å². The summed E-state index contributed by atoms with van der Waals surface area (Å²) in [4.78, 5) is 12.8. The minimum atomic E-state index is -4.49. The number of likely N-dealkylation sites (tertiary alicyclic amines) is 1. The molecular formula is C13H16F3N3O3. The van der Waals surface area contributed by atoms with Crippen molar-refractivity contribution in [3.8, 4) is 11.8 Å². The number of amides is 1. The Kier molecular flexibility index (Phi) is 5.04. The van der Waals surface area contributed by atoms with E-state index in [1.165, 1.54) is 12.0 Å². The van der Waals surface area contributed by atoms with Crippen LogP contribution in [0.15, 0.2) is 12.1 Å². The van der Waals surface area contributed by atoms with E-state index in [2.05, 4.69) is 10.2 Å². The van der Waals surface area contributed by atoms with Crippen molar-refractivity contribution in [2.24, 2.45) is 0 Å². The van der Waals surface area contributed by atoms with Crippen LogP contribution in [-0.2, 0) is 4.79 Å². The maximum absolute atomic E-state index is 12.3. The molecule has 1 fully saturated rings. The lowest BCUT2D eigenvalue weighted by Gasteiger charge is -2.32. The molecule has 1 atom stereocenters. The van der Waals surface area contributed by atoms with Gasteiger partial charge in [-0.15, -0.1) is 10.2 Å². The Bertz CT molecular complexity index is 507. The lowest BCUT2D eigenvalue weighted by atomic mass is 10.1. The molecule has 122 valence electrons. The van der Waals surface area contributed by atoms with E-state index >= 15 is 0 Å². The van der Waals surface area contributed by atoms with E-state index in [9.17, 15) is 18.0 Å². The van der Waals surface area contributed by atoms with Crippen LogP contribution in [0.25, 0.3) is 0 Å². The second-order valence-corrected chi connectivity index (χ2v) is 4.93. The number of methoxy groups -OCH3 is 1. The van der Waals surface area contributed by atoms with Gasteiger partial charge in [-0.05, 0) is 12.8 Å². The molecule has 1 unspecified atom stereocenters. The van der Waals surface area contributed by atoms with Crippen molar-refractivity contribution in [2.75, 3.05) is 20.2 Å². The zero-order valence-electron chi connectivity index (χ0n) is 12.0. The number of ether oxygens (including phenoxy) is 2. The maximum Gasteiger partial charge on any atom is 0.397 e. The zero-order valence-corrected chi connectivity index (χ0v) is 12.0. The number of piperidine rings is 1. The second kappa shape index (κ2) is 6.80. The van der Waals surface area contributed by atoms with Crippen LogP contribution < -0.4 is 9.47 Å². The van der Waals surface area contributed by atoms with Crippen LogP contribution >= 0.6 is 0 Å². The van der Waals surface area contributed by atoms with Crippen molar-refractivity contribution >= 4 is 5.91 Å². The lowest BCUT2D eigenvalue weighted by molar-refractivity contribution is -0.163. The summed E-state index contributed by atoms with van der Waals surface area (Å²) in [6.07, 6.45) is -5.11. The molecule has 0 aromatic carbocycles. The van der Waals surface area contributed by atoms with Crippen molar-refractivity contribution < 1.29 is 27.4 Å². The van der Waals surface area contributed by atoms with E-state index in [4.69, 9.17) is 9.47 Å². The number of alkyl halides is 3. The number of halogens is 3. The maximum atomic E-state index is 12.3. The van der Waals surface area contributed by atoms with Crippen LogP contribution in [0.4, 0.5) is 13.2 Å². The van der Waals surface area contributed by atoms with E-state index in [1.807, 2.05) is 0 Å². The lowest BCUT2D eigenvalue weighted by Crippen LogP contribution is -2.45. The zero-order chi connectivity index (χ0) is 16.2. The molecule has 6 nitrogen and oxygen atoms in total. The van der Waals surface area contributed by atoms with Gasteiger partial charge in [-0.2, -0.15) is 13.2 Å². The Morgan fingerprint density at radius 1 is 1.36 bits per heavy atom. The Hall–Kier alpha value is -2.06. The minimum absolute atomic E-state index is 0.114. The van der Waals surface area contributed by atoms with Crippen LogP contribution in [0, 0.1) is 0 Å². The van der Waals surface area contributed by atoms with Crippen LogP contribution in [-0.4, -0.2) is 53.5 Å². The molecule has 2 heterocycles. The molecule has 1 aliphatic heterocycles. The van der Waals surface area contributed by atoms with Crippen molar-refractivity contribution in [1.82, 2.24) is 15.1 Å². The molecule has 0 saturated carbocycles. The Balaban J connectivity index is 1.91. The van der Waals surface area contributed by atoms with Crippen LogP contribution in [0.5, 0.6) is 11.8 Å². The molecule has 1 amide bonds. The average Bonchev–Trinajstić information content (AvgIpc) is 2.46. The highest BCUT2D eigenvalue weighted by molar-refractivity contribution is 5.77. The van der Waals surface area contributed by atoms with Crippen LogP contribution in [0.1, 0.15) is 19.3 Å². The summed E-state index contributed by atoms with van der Waals surface area (Å²) >= 11 is 0. The molecule has 1 aliphatic rings. The van der Waals surface area contributed by atoms with E-state index in [0.717, 1.165) is 0 Å². The second-order valence-electron chi connectivity index (χ2n) is 4.93. The van der Waals surface area contributed by atoms with Gasteiger partial charge in [-0.1, -0.05) is 0 Å². The molecular weight excluding hydrogens is 303 g/mol. The van der Waals surface area contributed by atoms with Gasteiger partial charge in [0.05, 0.1) is 13.7 Å². The molecule has 1 aromatic rings. The molecule has 2 rings (SSSR count). The van der Waals surface area contributed by atoms with E-state index < -0.39 is 24.6 Å². The predicted octanol–water partition coefficient (Wildman–Crippen LogP) is 1.81. The molecule has 0 bridgehead atoms. The molecule has 0 aliphatic carbocycles. The first kappa shape index (κ1) is 16.3. The quantitative estimate of drug-likeness (QED) is 0.847. The molecule has 0 N–H and O–H groups in total. The van der Waals surface area contributed by atoms with Gasteiger partial charge >= 0.3 is 6.18 Å². The van der Waals surface area contributed by atoms with E-state index in [1.54, 1.807) is 12.1 Å². The number of carbonyl (C=O) groups excluding carboxylic acids is 1. The van der Waals surface area contributed by atoms with Gasteiger partial charge in [0.1, 0.15) is 12.5 Å². The van der Waals surface area contributed by atoms with Gasteiger partial charge in [0.2, 0.25) is 17.7 Å². The summed E-state index contributed by atoms with van der Waals surface area (Å²) in [7, 11) is 1.45. The Morgan fingerprint density at radius 3 is 2.64 bits per heavy atom. The van der Waals surface area contributed by atoms with Gasteiger partial charge in [0, 0.05) is 18.7 Å². The fourth-order valence-electron chi connectivity index (χ4n) is 2.19.